The fraction of sp³-hybridized carbons (Fsp3) is 0.150. The number of hydrogen-bond acceptors (Lipinski definition) is 2. The Morgan fingerprint density at radius 1 is 0.907 bits per heavy atom. The first kappa shape index (κ1) is 32.5. The number of benzene rings is 2. The third kappa shape index (κ3) is 7.64. The van der Waals surface area contributed by atoms with Crippen molar-refractivity contribution in [3.05, 3.63) is 167 Å². The van der Waals surface area contributed by atoms with Gasteiger partial charge in [0, 0.05) is 29.3 Å². The second kappa shape index (κ2) is 15.8. The summed E-state index contributed by atoms with van der Waals surface area (Å²) in [5.41, 5.74) is 25.0. The first-order chi connectivity index (χ1) is 20.8. The van der Waals surface area contributed by atoms with Gasteiger partial charge in [0.05, 0.1) is 5.69 Å². The lowest BCUT2D eigenvalue weighted by Crippen LogP contribution is -2.02. The molecule has 3 nitrogen and oxygen atoms in total. The molecular formula is C40H45N3. The molecule has 220 valence electrons. The molecule has 0 saturated heterocycles. The Hall–Kier alpha value is -5.02. The SMILES string of the molecule is C=C/C(=C\c1c(C)c(C)c(-c2ccc(C(/C=C(C)/C(/C=C\C)=C/N)=C/N)cc2C=C)n1-c1ccccc1)C/C=C\C=C\C. The highest BCUT2D eigenvalue weighted by Crippen LogP contribution is 2.38. The highest BCUT2D eigenvalue weighted by molar-refractivity contribution is 5.84. The Kier molecular flexibility index (Phi) is 12.0. The summed E-state index contributed by atoms with van der Waals surface area (Å²) in [7, 11) is 0. The monoisotopic (exact) mass is 567 g/mol. The number of aromatic nitrogens is 1. The molecule has 43 heavy (non-hydrogen) atoms. The van der Waals surface area contributed by atoms with Crippen LogP contribution in [-0.4, -0.2) is 4.57 Å². The zero-order valence-electron chi connectivity index (χ0n) is 26.3. The van der Waals surface area contributed by atoms with Crippen molar-refractivity contribution in [3.8, 4) is 16.9 Å². The van der Waals surface area contributed by atoms with Crippen LogP contribution < -0.4 is 11.5 Å². The fourth-order valence-corrected chi connectivity index (χ4v) is 5.11. The molecular weight excluding hydrogens is 522 g/mol. The smallest absolute Gasteiger partial charge is 0.0572 e. The van der Waals surface area contributed by atoms with Gasteiger partial charge in [0.2, 0.25) is 0 Å². The molecule has 0 aliphatic rings. The minimum absolute atomic E-state index is 0.796. The molecule has 0 bridgehead atoms. The lowest BCUT2D eigenvalue weighted by molar-refractivity contribution is 1.06. The summed E-state index contributed by atoms with van der Waals surface area (Å²) in [6.45, 7) is 18.7. The van der Waals surface area contributed by atoms with Gasteiger partial charge in [0.1, 0.15) is 0 Å². The van der Waals surface area contributed by atoms with Crippen molar-refractivity contribution >= 4 is 17.7 Å². The van der Waals surface area contributed by atoms with E-state index in [9.17, 15) is 0 Å². The van der Waals surface area contributed by atoms with E-state index >= 15 is 0 Å². The van der Waals surface area contributed by atoms with Crippen LogP contribution in [0.25, 0.3) is 34.7 Å². The van der Waals surface area contributed by atoms with E-state index in [-0.39, 0.29) is 0 Å². The minimum Gasteiger partial charge on any atom is -0.404 e. The van der Waals surface area contributed by atoms with Crippen LogP contribution in [0.2, 0.25) is 0 Å². The van der Waals surface area contributed by atoms with Crippen LogP contribution in [0.15, 0.2) is 139 Å². The van der Waals surface area contributed by atoms with Crippen LogP contribution in [0.1, 0.15) is 55.1 Å². The summed E-state index contributed by atoms with van der Waals surface area (Å²) in [5, 5.41) is 0. The summed E-state index contributed by atoms with van der Waals surface area (Å²) in [6.07, 6.45) is 24.5. The molecule has 3 rings (SSSR count). The van der Waals surface area contributed by atoms with E-state index in [2.05, 4.69) is 98.3 Å². The van der Waals surface area contributed by atoms with E-state index in [1.165, 1.54) is 11.1 Å². The van der Waals surface area contributed by atoms with Crippen molar-refractivity contribution in [3.63, 3.8) is 0 Å². The summed E-state index contributed by atoms with van der Waals surface area (Å²) < 4.78 is 2.35. The Bertz CT molecular complexity index is 1660. The van der Waals surface area contributed by atoms with E-state index in [0.29, 0.717) is 0 Å². The number of rotatable bonds is 12. The Morgan fingerprint density at radius 3 is 2.26 bits per heavy atom. The van der Waals surface area contributed by atoms with Gasteiger partial charge in [-0.05, 0) is 116 Å². The van der Waals surface area contributed by atoms with E-state index in [4.69, 9.17) is 11.5 Å². The largest absolute Gasteiger partial charge is 0.404 e. The fourth-order valence-electron chi connectivity index (χ4n) is 5.11. The molecule has 3 heteroatoms. The molecule has 0 saturated carbocycles. The van der Waals surface area contributed by atoms with Gasteiger partial charge in [-0.1, -0.05) is 92.1 Å². The lowest BCUT2D eigenvalue weighted by atomic mass is 9.94. The van der Waals surface area contributed by atoms with Crippen molar-refractivity contribution < 1.29 is 0 Å². The first-order valence-electron chi connectivity index (χ1n) is 14.7. The molecule has 0 aliphatic carbocycles. The Morgan fingerprint density at radius 2 is 1.65 bits per heavy atom. The normalized spacial score (nSPS) is 13.5. The second-order valence-electron chi connectivity index (χ2n) is 10.3. The highest BCUT2D eigenvalue weighted by Gasteiger charge is 2.21. The van der Waals surface area contributed by atoms with E-state index in [1.807, 2.05) is 63.3 Å². The van der Waals surface area contributed by atoms with Crippen LogP contribution in [0.3, 0.4) is 0 Å². The molecule has 0 fully saturated rings. The molecule has 1 heterocycles. The van der Waals surface area contributed by atoms with Crippen molar-refractivity contribution in [2.24, 2.45) is 11.5 Å². The summed E-state index contributed by atoms with van der Waals surface area (Å²) in [6, 6.07) is 17.0. The molecule has 3 aromatic rings. The number of para-hydroxylation sites is 1. The summed E-state index contributed by atoms with van der Waals surface area (Å²) >= 11 is 0. The maximum Gasteiger partial charge on any atom is 0.0572 e. The summed E-state index contributed by atoms with van der Waals surface area (Å²) in [5.74, 6) is 0. The molecule has 4 N–H and O–H groups in total. The van der Waals surface area contributed by atoms with E-state index in [1.54, 1.807) is 12.4 Å². The lowest BCUT2D eigenvalue weighted by Gasteiger charge is -2.17. The molecule has 0 atom stereocenters. The topological polar surface area (TPSA) is 57.0 Å². The number of nitrogens with zero attached hydrogens (tertiary/aromatic N) is 1. The second-order valence-corrected chi connectivity index (χ2v) is 10.3. The van der Waals surface area contributed by atoms with Gasteiger partial charge in [0.15, 0.2) is 0 Å². The Labute approximate surface area is 258 Å². The number of allylic oxidation sites excluding steroid dienone is 12. The first-order valence-corrected chi connectivity index (χ1v) is 14.7. The molecule has 1 aromatic heterocycles. The quantitative estimate of drug-likeness (QED) is 0.214. The third-order valence-electron chi connectivity index (χ3n) is 7.55. The molecule has 0 spiro atoms. The van der Waals surface area contributed by atoms with Crippen LogP contribution in [0.4, 0.5) is 0 Å². The summed E-state index contributed by atoms with van der Waals surface area (Å²) in [4.78, 5) is 0. The van der Waals surface area contributed by atoms with Gasteiger partial charge in [-0.3, -0.25) is 0 Å². The molecule has 0 aliphatic heterocycles. The van der Waals surface area contributed by atoms with Gasteiger partial charge < -0.3 is 16.0 Å². The van der Waals surface area contributed by atoms with Gasteiger partial charge in [-0.25, -0.2) is 0 Å². The van der Waals surface area contributed by atoms with Crippen molar-refractivity contribution in [2.45, 2.75) is 41.0 Å². The highest BCUT2D eigenvalue weighted by atomic mass is 15.0. The average Bonchev–Trinajstić information content (AvgIpc) is 3.28. The van der Waals surface area contributed by atoms with Gasteiger partial charge in [-0.2, -0.15) is 0 Å². The van der Waals surface area contributed by atoms with Crippen LogP contribution in [0.5, 0.6) is 0 Å². The number of nitrogens with two attached hydrogens (primary N) is 2. The minimum atomic E-state index is 0.796. The van der Waals surface area contributed by atoms with Gasteiger partial charge in [0.25, 0.3) is 0 Å². The predicted octanol–water partition coefficient (Wildman–Crippen LogP) is 10.2. The third-order valence-corrected chi connectivity index (χ3v) is 7.55. The Balaban J connectivity index is 2.26. The van der Waals surface area contributed by atoms with Crippen LogP contribution >= 0.6 is 0 Å². The predicted molar refractivity (Wildman–Crippen MR) is 191 cm³/mol. The molecule has 2 aromatic carbocycles. The van der Waals surface area contributed by atoms with Gasteiger partial charge >= 0.3 is 0 Å². The van der Waals surface area contributed by atoms with E-state index in [0.717, 1.165) is 62.5 Å². The van der Waals surface area contributed by atoms with Crippen molar-refractivity contribution in [2.75, 3.05) is 0 Å². The molecule has 0 radical (unpaired) electrons. The van der Waals surface area contributed by atoms with Gasteiger partial charge in [-0.15, -0.1) is 0 Å². The zero-order valence-corrected chi connectivity index (χ0v) is 26.3. The molecule has 0 amide bonds. The maximum atomic E-state index is 6.14. The van der Waals surface area contributed by atoms with Crippen LogP contribution in [-0.2, 0) is 0 Å². The average molecular weight is 568 g/mol. The zero-order chi connectivity index (χ0) is 31.4. The number of hydrogen-bond donors (Lipinski definition) is 2. The molecule has 0 unspecified atom stereocenters. The van der Waals surface area contributed by atoms with Crippen molar-refractivity contribution in [1.82, 2.24) is 4.57 Å². The standard InChI is InChI=1S/C40H45N3/c1-8-12-13-15-19-32(10-3)25-39-30(6)31(7)40(43(39)37-20-16-14-17-21-37)38-23-22-34(26-33(38)11-4)36(28-42)24-29(5)35(27-41)18-9-2/h8-18,20-28H,3-4,19,41-42H2,1-2,5-7H3/b12-8+,15-13-,18-9-,29-24+,32-25+,35-27+,36-28+. The van der Waals surface area contributed by atoms with Crippen LogP contribution in [0, 0.1) is 13.8 Å². The maximum absolute atomic E-state index is 6.14. The van der Waals surface area contributed by atoms with Crippen molar-refractivity contribution in [1.29, 1.82) is 0 Å². The van der Waals surface area contributed by atoms with E-state index < -0.39 is 0 Å².